The third kappa shape index (κ3) is 14.4. The maximum Gasteiger partial charge on any atom is 0.341 e. The van der Waals surface area contributed by atoms with Gasteiger partial charge in [0.1, 0.15) is 35.8 Å². The fraction of sp³-hybridized carbons (Fsp3) is 0.438. The van der Waals surface area contributed by atoms with Crippen LogP contribution in [0.3, 0.4) is 0 Å². The number of hydrogen-bond donors (Lipinski definition) is 0. The highest BCUT2D eigenvalue weighted by atomic mass is 16.6. The third-order valence-corrected chi connectivity index (χ3v) is 5.85. The van der Waals surface area contributed by atoms with Crippen molar-refractivity contribution in [3.8, 4) is 11.5 Å². The molecular weight excluding hydrogens is 576 g/mol. The van der Waals surface area contributed by atoms with E-state index in [4.69, 9.17) is 28.4 Å². The fourth-order valence-corrected chi connectivity index (χ4v) is 3.80. The highest BCUT2D eigenvalue weighted by Crippen LogP contribution is 2.20. The van der Waals surface area contributed by atoms with Crippen molar-refractivity contribution in [2.45, 2.75) is 65.2 Å². The van der Waals surface area contributed by atoms with E-state index in [1.54, 1.807) is 24.3 Å². The zero-order chi connectivity index (χ0) is 32.2. The summed E-state index contributed by atoms with van der Waals surface area (Å²) in [6.45, 7) is 2.69. The monoisotopic (exact) mass is 614 g/mol. The Morgan fingerprint density at radius 1 is 0.477 bits per heavy atom. The average Bonchev–Trinajstić information content (AvgIpc) is 2.98. The topological polar surface area (TPSA) is 158 Å². The zero-order valence-corrected chi connectivity index (χ0v) is 25.0. The third-order valence-electron chi connectivity index (χ3n) is 5.85. The molecule has 0 heterocycles. The van der Waals surface area contributed by atoms with E-state index in [1.165, 1.54) is 38.1 Å². The Kier molecular flexibility index (Phi) is 16.3. The zero-order valence-electron chi connectivity index (χ0n) is 25.0. The van der Waals surface area contributed by atoms with Gasteiger partial charge in [-0.05, 0) is 62.8 Å². The highest BCUT2D eigenvalue weighted by molar-refractivity contribution is 5.94. The Bertz CT molecular complexity index is 1170. The van der Waals surface area contributed by atoms with E-state index in [0.29, 0.717) is 38.5 Å². The smallest absolute Gasteiger partial charge is 0.341 e. The molecule has 0 aliphatic heterocycles. The van der Waals surface area contributed by atoms with Crippen LogP contribution in [-0.2, 0) is 38.1 Å². The molecule has 0 saturated heterocycles. The molecule has 0 atom stereocenters. The van der Waals surface area contributed by atoms with Gasteiger partial charge >= 0.3 is 35.8 Å². The van der Waals surface area contributed by atoms with Crippen molar-refractivity contribution in [3.63, 3.8) is 0 Å². The van der Waals surface area contributed by atoms with Gasteiger partial charge in [0.05, 0.1) is 13.2 Å². The SMILES string of the molecule is CC(=O)Oc1ccccc1C(=O)OCCCCCC(=O)OCCOC(=O)CCCCCOC(=O)c1ccccc1OC(C)=O. The molecule has 44 heavy (non-hydrogen) atoms. The molecule has 0 fully saturated rings. The summed E-state index contributed by atoms with van der Waals surface area (Å²) in [6, 6.07) is 12.6. The Hall–Kier alpha value is -4.74. The summed E-state index contributed by atoms with van der Waals surface area (Å²) in [5.41, 5.74) is 0.318. The van der Waals surface area contributed by atoms with Gasteiger partial charge in [0, 0.05) is 26.7 Å². The van der Waals surface area contributed by atoms with E-state index in [-0.39, 0.29) is 61.9 Å². The number of benzene rings is 2. The predicted molar refractivity (Wildman–Crippen MR) is 155 cm³/mol. The van der Waals surface area contributed by atoms with Crippen molar-refractivity contribution >= 4 is 35.8 Å². The van der Waals surface area contributed by atoms with Gasteiger partial charge < -0.3 is 28.4 Å². The van der Waals surface area contributed by atoms with Gasteiger partial charge in [-0.1, -0.05) is 24.3 Å². The summed E-state index contributed by atoms with van der Waals surface area (Å²) in [7, 11) is 0. The summed E-state index contributed by atoms with van der Waals surface area (Å²) < 4.78 is 30.6. The van der Waals surface area contributed by atoms with E-state index in [0.717, 1.165) is 0 Å². The van der Waals surface area contributed by atoms with Gasteiger partial charge in [0.25, 0.3) is 0 Å². The summed E-state index contributed by atoms with van der Waals surface area (Å²) in [5, 5.41) is 0. The standard InChI is InChI=1S/C32H38O12/c1-23(33)43-27-15-9-7-13-25(27)31(37)41-19-11-3-5-17-29(35)39-21-22-40-30(36)18-6-4-12-20-42-32(38)26-14-8-10-16-28(26)44-24(2)34/h7-10,13-16H,3-6,11-12,17-22H2,1-2H3. The van der Waals surface area contributed by atoms with Crippen molar-refractivity contribution in [3.05, 3.63) is 59.7 Å². The van der Waals surface area contributed by atoms with Gasteiger partial charge in [0.15, 0.2) is 0 Å². The van der Waals surface area contributed by atoms with Crippen LogP contribution in [0.1, 0.15) is 85.9 Å². The summed E-state index contributed by atoms with van der Waals surface area (Å²) in [5.74, 6) is -2.84. The fourth-order valence-electron chi connectivity index (χ4n) is 3.80. The Morgan fingerprint density at radius 3 is 1.25 bits per heavy atom. The van der Waals surface area contributed by atoms with E-state index >= 15 is 0 Å². The summed E-state index contributed by atoms with van der Waals surface area (Å²) in [6.07, 6.45) is 3.77. The van der Waals surface area contributed by atoms with Crippen LogP contribution in [0.25, 0.3) is 0 Å². The second-order valence-corrected chi connectivity index (χ2v) is 9.51. The van der Waals surface area contributed by atoms with Gasteiger partial charge in [0.2, 0.25) is 0 Å². The second-order valence-electron chi connectivity index (χ2n) is 9.51. The molecule has 2 aromatic rings. The lowest BCUT2D eigenvalue weighted by molar-refractivity contribution is -0.152. The minimum atomic E-state index is -0.600. The summed E-state index contributed by atoms with van der Waals surface area (Å²) in [4.78, 5) is 70.6. The van der Waals surface area contributed by atoms with Crippen LogP contribution in [0.4, 0.5) is 0 Å². The Morgan fingerprint density at radius 2 is 0.864 bits per heavy atom. The number of para-hydroxylation sites is 2. The first-order valence-corrected chi connectivity index (χ1v) is 14.4. The normalized spacial score (nSPS) is 10.3. The molecule has 0 unspecified atom stereocenters. The van der Waals surface area contributed by atoms with Crippen molar-refractivity contribution in [2.24, 2.45) is 0 Å². The molecule has 12 heteroatoms. The van der Waals surface area contributed by atoms with Crippen LogP contribution < -0.4 is 9.47 Å². The van der Waals surface area contributed by atoms with E-state index in [1.807, 2.05) is 0 Å². The molecule has 0 amide bonds. The van der Waals surface area contributed by atoms with E-state index < -0.39 is 35.8 Å². The molecule has 0 saturated carbocycles. The largest absolute Gasteiger partial charge is 0.462 e. The molecule has 0 aliphatic rings. The number of ether oxygens (including phenoxy) is 6. The molecule has 12 nitrogen and oxygen atoms in total. The molecule has 2 aromatic carbocycles. The lowest BCUT2D eigenvalue weighted by Gasteiger charge is -2.09. The molecule has 238 valence electrons. The van der Waals surface area contributed by atoms with Crippen LogP contribution in [0.5, 0.6) is 11.5 Å². The molecule has 0 radical (unpaired) electrons. The van der Waals surface area contributed by atoms with Crippen LogP contribution in [0, 0.1) is 0 Å². The maximum atomic E-state index is 12.2. The first-order chi connectivity index (χ1) is 21.2. The number of hydrogen-bond acceptors (Lipinski definition) is 12. The van der Waals surface area contributed by atoms with Crippen molar-refractivity contribution in [2.75, 3.05) is 26.4 Å². The molecule has 0 spiro atoms. The predicted octanol–water partition coefficient (Wildman–Crippen LogP) is 4.76. The van der Waals surface area contributed by atoms with Crippen molar-refractivity contribution in [1.82, 2.24) is 0 Å². The highest BCUT2D eigenvalue weighted by Gasteiger charge is 2.16. The lowest BCUT2D eigenvalue weighted by Crippen LogP contribution is -2.14. The Labute approximate surface area is 255 Å². The van der Waals surface area contributed by atoms with Crippen LogP contribution in [0.15, 0.2) is 48.5 Å². The second kappa shape index (κ2) is 20.2. The maximum absolute atomic E-state index is 12.2. The molecule has 0 bridgehead atoms. The van der Waals surface area contributed by atoms with Crippen LogP contribution in [-0.4, -0.2) is 62.2 Å². The van der Waals surface area contributed by atoms with Gasteiger partial charge in [-0.3, -0.25) is 19.2 Å². The number of esters is 6. The Balaban J connectivity index is 1.45. The van der Waals surface area contributed by atoms with Gasteiger partial charge in [-0.2, -0.15) is 0 Å². The van der Waals surface area contributed by atoms with Crippen molar-refractivity contribution < 1.29 is 57.2 Å². The van der Waals surface area contributed by atoms with Gasteiger partial charge in [-0.25, -0.2) is 9.59 Å². The van der Waals surface area contributed by atoms with Crippen LogP contribution >= 0.6 is 0 Å². The number of rotatable bonds is 19. The molecule has 0 aliphatic carbocycles. The molecule has 2 rings (SSSR count). The number of unbranched alkanes of at least 4 members (excludes halogenated alkanes) is 4. The van der Waals surface area contributed by atoms with Crippen LogP contribution in [0.2, 0.25) is 0 Å². The first kappa shape index (κ1) is 35.5. The minimum Gasteiger partial charge on any atom is -0.462 e. The molecule has 0 aromatic heterocycles. The first-order valence-electron chi connectivity index (χ1n) is 14.4. The minimum absolute atomic E-state index is 0.0469. The van der Waals surface area contributed by atoms with E-state index in [2.05, 4.69) is 0 Å². The quantitative estimate of drug-likeness (QED) is 0.0926. The van der Waals surface area contributed by atoms with Gasteiger partial charge in [-0.15, -0.1) is 0 Å². The number of carbonyl (C=O) groups excluding carboxylic acids is 6. The molecular formula is C32H38O12. The lowest BCUT2D eigenvalue weighted by atomic mass is 10.2. The average molecular weight is 615 g/mol. The van der Waals surface area contributed by atoms with Crippen molar-refractivity contribution in [1.29, 1.82) is 0 Å². The molecule has 0 N–H and O–H groups in total. The number of carbonyl (C=O) groups is 6. The van der Waals surface area contributed by atoms with E-state index in [9.17, 15) is 28.8 Å². The summed E-state index contributed by atoms with van der Waals surface area (Å²) >= 11 is 0.